The third-order valence-corrected chi connectivity index (χ3v) is 5.98. The highest BCUT2D eigenvalue weighted by Crippen LogP contribution is 2.38. The fraction of sp³-hybridized carbons (Fsp3) is 0.545. The zero-order valence-corrected chi connectivity index (χ0v) is 17.2. The van der Waals surface area contributed by atoms with Gasteiger partial charge in [0.25, 0.3) is 0 Å². The summed E-state index contributed by atoms with van der Waals surface area (Å²) >= 11 is 0. The van der Waals surface area contributed by atoms with Crippen molar-refractivity contribution in [3.05, 3.63) is 35.7 Å². The third-order valence-electron chi connectivity index (χ3n) is 5.98. The van der Waals surface area contributed by atoms with E-state index in [-0.39, 0.29) is 29.8 Å². The van der Waals surface area contributed by atoms with E-state index in [0.717, 1.165) is 30.4 Å². The van der Waals surface area contributed by atoms with Crippen molar-refractivity contribution in [1.29, 1.82) is 0 Å². The molecule has 0 bridgehead atoms. The lowest BCUT2D eigenvalue weighted by Crippen LogP contribution is -2.61. The molecular formula is C22H28N4O3. The van der Waals surface area contributed by atoms with Crippen LogP contribution >= 0.6 is 0 Å². The molecule has 1 aliphatic heterocycles. The Morgan fingerprint density at radius 2 is 2.10 bits per heavy atom. The highest BCUT2D eigenvalue weighted by Gasteiger charge is 2.45. The molecule has 2 heterocycles. The van der Waals surface area contributed by atoms with Crippen molar-refractivity contribution in [2.24, 2.45) is 11.8 Å². The molecular weight excluding hydrogens is 368 g/mol. The number of nitrogens with one attached hydrogen (secondary N) is 1. The Morgan fingerprint density at radius 1 is 1.28 bits per heavy atom. The van der Waals surface area contributed by atoms with Crippen LogP contribution in [0.5, 0.6) is 0 Å². The van der Waals surface area contributed by atoms with E-state index >= 15 is 0 Å². The number of imide groups is 1. The molecule has 4 rings (SSSR count). The molecule has 1 N–H and O–H groups in total. The van der Waals surface area contributed by atoms with Crippen LogP contribution in [0.4, 0.5) is 4.79 Å². The maximum Gasteiger partial charge on any atom is 0.324 e. The van der Waals surface area contributed by atoms with E-state index in [4.69, 9.17) is 4.52 Å². The lowest BCUT2D eigenvalue weighted by atomic mass is 9.76. The van der Waals surface area contributed by atoms with E-state index in [0.29, 0.717) is 30.6 Å². The van der Waals surface area contributed by atoms with Crippen molar-refractivity contribution in [2.45, 2.75) is 58.4 Å². The van der Waals surface area contributed by atoms with E-state index in [1.54, 1.807) is 0 Å². The second kappa shape index (κ2) is 7.97. The highest BCUT2D eigenvalue weighted by atomic mass is 16.5. The molecule has 0 radical (unpaired) electrons. The first kappa shape index (κ1) is 19.6. The topological polar surface area (TPSA) is 88.3 Å². The van der Waals surface area contributed by atoms with Crippen LogP contribution in [0.25, 0.3) is 11.4 Å². The molecule has 2 aromatic rings. The number of benzene rings is 1. The minimum atomic E-state index is -0.275. The number of urea groups is 1. The van der Waals surface area contributed by atoms with Gasteiger partial charge in [-0.1, -0.05) is 42.8 Å². The van der Waals surface area contributed by atoms with Crippen molar-refractivity contribution in [3.63, 3.8) is 0 Å². The van der Waals surface area contributed by atoms with Gasteiger partial charge < -0.3 is 9.84 Å². The Labute approximate surface area is 170 Å². The number of amides is 3. The van der Waals surface area contributed by atoms with Gasteiger partial charge in [-0.05, 0) is 44.6 Å². The molecule has 0 spiro atoms. The van der Waals surface area contributed by atoms with Gasteiger partial charge in [0.05, 0.1) is 5.92 Å². The molecule has 2 aliphatic rings. The first-order valence-electron chi connectivity index (χ1n) is 10.4. The number of aromatic nitrogens is 2. The normalized spacial score (nSPS) is 24.6. The van der Waals surface area contributed by atoms with Crippen LogP contribution in [0.2, 0.25) is 0 Å². The van der Waals surface area contributed by atoms with Gasteiger partial charge in [0.15, 0.2) is 0 Å². The average molecular weight is 396 g/mol. The lowest BCUT2D eigenvalue weighted by molar-refractivity contribution is -0.136. The Kier molecular flexibility index (Phi) is 5.39. The molecule has 154 valence electrons. The monoisotopic (exact) mass is 396 g/mol. The summed E-state index contributed by atoms with van der Waals surface area (Å²) in [7, 11) is 0. The van der Waals surface area contributed by atoms with Crippen LogP contribution in [0.1, 0.15) is 56.9 Å². The van der Waals surface area contributed by atoms with Gasteiger partial charge in [-0.25, -0.2) is 4.79 Å². The van der Waals surface area contributed by atoms with Gasteiger partial charge in [0.2, 0.25) is 17.6 Å². The maximum atomic E-state index is 12.9. The van der Waals surface area contributed by atoms with E-state index in [9.17, 15) is 9.59 Å². The summed E-state index contributed by atoms with van der Waals surface area (Å²) in [6.45, 7) is 6.70. The Morgan fingerprint density at radius 3 is 2.86 bits per heavy atom. The van der Waals surface area contributed by atoms with Crippen LogP contribution in [-0.2, 0) is 4.79 Å². The summed E-state index contributed by atoms with van der Waals surface area (Å²) in [6, 6.07) is 7.54. The van der Waals surface area contributed by atoms with Gasteiger partial charge >= 0.3 is 6.03 Å². The zero-order chi connectivity index (χ0) is 20.5. The molecule has 1 aromatic heterocycles. The number of hydrogen-bond donors (Lipinski definition) is 1. The molecule has 3 amide bonds. The zero-order valence-electron chi connectivity index (χ0n) is 17.2. The van der Waals surface area contributed by atoms with Crippen LogP contribution in [0.15, 0.2) is 28.8 Å². The minimum Gasteiger partial charge on any atom is -0.339 e. The Balaban J connectivity index is 1.45. The summed E-state index contributed by atoms with van der Waals surface area (Å²) in [5.74, 6) is 1.47. The third kappa shape index (κ3) is 4.04. The summed E-state index contributed by atoms with van der Waals surface area (Å²) in [6.07, 6.45) is 2.99. The molecule has 1 aliphatic carbocycles. The van der Waals surface area contributed by atoms with Crippen LogP contribution in [0.3, 0.4) is 0 Å². The number of carbonyl (C=O) groups excluding carboxylic acids is 2. The smallest absolute Gasteiger partial charge is 0.324 e. The number of nitrogens with zero attached hydrogens (tertiary/aromatic N) is 3. The summed E-state index contributed by atoms with van der Waals surface area (Å²) in [5, 5.41) is 7.19. The minimum absolute atomic E-state index is 0.0381. The molecule has 1 saturated carbocycles. The van der Waals surface area contributed by atoms with Gasteiger partial charge in [0, 0.05) is 24.1 Å². The molecule has 2 fully saturated rings. The van der Waals surface area contributed by atoms with Gasteiger partial charge in [-0.15, -0.1) is 0 Å². The standard InChI is InChI=1S/C22H28N4O3/c1-13(2)9-10-26-21(27)17-8-7-16(12-18(17)23-22(26)28)20-24-19(25-29-20)15-6-4-5-14(3)11-15/h4-6,11,13,16-18H,7-10,12H2,1-3H3,(H,23,28). The van der Waals surface area contributed by atoms with Crippen molar-refractivity contribution < 1.29 is 14.1 Å². The first-order chi connectivity index (χ1) is 13.9. The van der Waals surface area contributed by atoms with E-state index in [1.807, 2.05) is 31.2 Å². The Hall–Kier alpha value is -2.70. The van der Waals surface area contributed by atoms with E-state index in [1.165, 1.54) is 4.90 Å². The fourth-order valence-corrected chi connectivity index (χ4v) is 4.29. The lowest BCUT2D eigenvalue weighted by Gasteiger charge is -2.41. The fourth-order valence-electron chi connectivity index (χ4n) is 4.29. The van der Waals surface area contributed by atoms with Gasteiger partial charge in [-0.3, -0.25) is 9.69 Å². The summed E-state index contributed by atoms with van der Waals surface area (Å²) in [4.78, 5) is 31.3. The largest absolute Gasteiger partial charge is 0.339 e. The number of rotatable bonds is 5. The highest BCUT2D eigenvalue weighted by molar-refractivity contribution is 5.98. The van der Waals surface area contributed by atoms with E-state index < -0.39 is 0 Å². The second-order valence-electron chi connectivity index (χ2n) is 8.67. The number of aryl methyl sites for hydroxylation is 1. The van der Waals surface area contributed by atoms with Crippen molar-refractivity contribution in [1.82, 2.24) is 20.4 Å². The van der Waals surface area contributed by atoms with Crippen molar-refractivity contribution >= 4 is 11.9 Å². The van der Waals surface area contributed by atoms with Crippen molar-refractivity contribution in [2.75, 3.05) is 6.54 Å². The van der Waals surface area contributed by atoms with Crippen molar-refractivity contribution in [3.8, 4) is 11.4 Å². The quantitative estimate of drug-likeness (QED) is 0.828. The van der Waals surface area contributed by atoms with Crippen LogP contribution < -0.4 is 5.32 Å². The molecule has 3 unspecified atom stereocenters. The molecule has 1 aromatic carbocycles. The van der Waals surface area contributed by atoms with Crippen LogP contribution in [0, 0.1) is 18.8 Å². The van der Waals surface area contributed by atoms with Crippen LogP contribution in [-0.4, -0.2) is 39.6 Å². The molecule has 29 heavy (non-hydrogen) atoms. The Bertz CT molecular complexity index is 907. The number of hydrogen-bond acceptors (Lipinski definition) is 5. The second-order valence-corrected chi connectivity index (χ2v) is 8.67. The average Bonchev–Trinajstić information content (AvgIpc) is 3.17. The summed E-state index contributed by atoms with van der Waals surface area (Å²) < 4.78 is 5.55. The van der Waals surface area contributed by atoms with Gasteiger partial charge in [0.1, 0.15) is 0 Å². The first-order valence-corrected chi connectivity index (χ1v) is 10.4. The molecule has 7 nitrogen and oxygen atoms in total. The predicted octanol–water partition coefficient (Wildman–Crippen LogP) is 3.90. The number of fused-ring (bicyclic) bond motifs is 1. The molecule has 1 saturated heterocycles. The summed E-state index contributed by atoms with van der Waals surface area (Å²) in [5.41, 5.74) is 2.07. The predicted molar refractivity (Wildman–Crippen MR) is 108 cm³/mol. The van der Waals surface area contributed by atoms with E-state index in [2.05, 4.69) is 29.3 Å². The number of carbonyl (C=O) groups is 2. The van der Waals surface area contributed by atoms with Gasteiger partial charge in [-0.2, -0.15) is 4.98 Å². The maximum absolute atomic E-state index is 12.9. The molecule has 7 heteroatoms. The SMILES string of the molecule is Cc1cccc(-c2noc(C3CCC4C(=O)N(CCC(C)C)C(=O)NC4C3)n2)c1. The molecule has 3 atom stereocenters.